The lowest BCUT2D eigenvalue weighted by atomic mass is 9.89. The Labute approximate surface area is 203 Å². The topological polar surface area (TPSA) is 102 Å². The van der Waals surface area contributed by atoms with Gasteiger partial charge in [-0.15, -0.1) is 0 Å². The van der Waals surface area contributed by atoms with Crippen LogP contribution in [0.4, 0.5) is 22.7 Å². The molecule has 0 unspecified atom stereocenters. The van der Waals surface area contributed by atoms with Crippen molar-refractivity contribution >= 4 is 46.0 Å². The molecule has 0 radical (unpaired) electrons. The summed E-state index contributed by atoms with van der Waals surface area (Å²) in [6.07, 6.45) is 8.80. The van der Waals surface area contributed by atoms with Gasteiger partial charge in [-0.2, -0.15) is 0 Å². The highest BCUT2D eigenvalue weighted by Gasteiger charge is 2.17. The Hall–Kier alpha value is -2.58. The third kappa shape index (κ3) is 7.20. The lowest BCUT2D eigenvalue weighted by Crippen LogP contribution is -2.17. The van der Waals surface area contributed by atoms with Crippen LogP contribution < -0.4 is 10.2 Å². The predicted molar refractivity (Wildman–Crippen MR) is 133 cm³/mol. The Kier molecular flexibility index (Phi) is 9.14. The standard InChI is InChI=1S/C13H17ClN2O2.C10H11ClN2O2/c14-12-8-11(16(17)18)6-7-13(12)15-9-10-4-2-1-3-5-10;11-9-7-8(13(14)15)3-4-10(9)12-5-1-2-6-12/h6-8,10,15H,1-5,9H2;3-4,7H,1-2,5-6H2. The van der Waals surface area contributed by atoms with E-state index in [0.717, 1.165) is 43.9 Å². The maximum absolute atomic E-state index is 10.6. The van der Waals surface area contributed by atoms with E-state index in [4.69, 9.17) is 23.2 Å². The number of halogens is 2. The molecule has 1 heterocycles. The number of hydrogen-bond donors (Lipinski definition) is 1. The highest BCUT2D eigenvalue weighted by atomic mass is 35.5. The van der Waals surface area contributed by atoms with Gasteiger partial charge < -0.3 is 10.2 Å². The molecule has 1 saturated carbocycles. The van der Waals surface area contributed by atoms with Crippen molar-refractivity contribution in [3.8, 4) is 0 Å². The second-order valence-electron chi connectivity index (χ2n) is 8.39. The van der Waals surface area contributed by atoms with Crippen molar-refractivity contribution < 1.29 is 9.85 Å². The number of nitrogens with one attached hydrogen (secondary N) is 1. The number of nitrogens with zero attached hydrogens (tertiary/aromatic N) is 3. The van der Waals surface area contributed by atoms with Crippen molar-refractivity contribution in [2.75, 3.05) is 29.9 Å². The molecular formula is C23H28Cl2N4O4. The van der Waals surface area contributed by atoms with Crippen LogP contribution in [-0.2, 0) is 0 Å². The van der Waals surface area contributed by atoms with Crippen molar-refractivity contribution in [3.05, 3.63) is 66.7 Å². The van der Waals surface area contributed by atoms with Gasteiger partial charge in [-0.25, -0.2) is 0 Å². The molecule has 178 valence electrons. The van der Waals surface area contributed by atoms with Crippen molar-refractivity contribution in [3.63, 3.8) is 0 Å². The Balaban J connectivity index is 0.000000189. The molecule has 8 nitrogen and oxygen atoms in total. The summed E-state index contributed by atoms with van der Waals surface area (Å²) < 4.78 is 0. The average molecular weight is 495 g/mol. The van der Waals surface area contributed by atoms with E-state index in [1.807, 2.05) is 0 Å². The molecule has 0 amide bonds. The largest absolute Gasteiger partial charge is 0.384 e. The molecule has 2 aromatic rings. The fraction of sp³-hybridized carbons (Fsp3) is 0.478. The van der Waals surface area contributed by atoms with Gasteiger partial charge >= 0.3 is 0 Å². The van der Waals surface area contributed by atoms with Crippen LogP contribution >= 0.6 is 23.2 Å². The van der Waals surface area contributed by atoms with E-state index < -0.39 is 9.85 Å². The number of hydrogen-bond acceptors (Lipinski definition) is 6. The number of non-ortho nitro benzene ring substituents is 2. The van der Waals surface area contributed by atoms with E-state index >= 15 is 0 Å². The summed E-state index contributed by atoms with van der Waals surface area (Å²) in [6.45, 7) is 2.87. The summed E-state index contributed by atoms with van der Waals surface area (Å²) in [5.74, 6) is 0.699. The van der Waals surface area contributed by atoms with Gasteiger partial charge in [-0.1, -0.05) is 42.5 Å². The smallest absolute Gasteiger partial charge is 0.271 e. The van der Waals surface area contributed by atoms with Gasteiger partial charge in [0.2, 0.25) is 0 Å². The van der Waals surface area contributed by atoms with E-state index in [0.29, 0.717) is 16.0 Å². The summed E-state index contributed by atoms with van der Waals surface area (Å²) in [7, 11) is 0. The first-order valence-corrected chi connectivity index (χ1v) is 12.0. The van der Waals surface area contributed by atoms with Crippen LogP contribution in [0.15, 0.2) is 36.4 Å². The third-order valence-corrected chi connectivity index (χ3v) is 6.67. The van der Waals surface area contributed by atoms with Crippen molar-refractivity contribution in [2.45, 2.75) is 44.9 Å². The summed E-state index contributed by atoms with van der Waals surface area (Å²) in [5, 5.41) is 25.3. The van der Waals surface area contributed by atoms with E-state index in [9.17, 15) is 20.2 Å². The number of benzene rings is 2. The van der Waals surface area contributed by atoms with Gasteiger partial charge in [0.05, 0.1) is 31.3 Å². The molecule has 0 aromatic heterocycles. The number of nitro benzene ring substituents is 2. The van der Waals surface area contributed by atoms with E-state index in [1.165, 1.54) is 56.4 Å². The highest BCUT2D eigenvalue weighted by molar-refractivity contribution is 6.33. The first-order chi connectivity index (χ1) is 15.8. The van der Waals surface area contributed by atoms with Crippen LogP contribution in [0.3, 0.4) is 0 Å². The summed E-state index contributed by atoms with van der Waals surface area (Å²) in [5.41, 5.74) is 1.76. The molecule has 0 bridgehead atoms. The molecule has 1 aliphatic carbocycles. The van der Waals surface area contributed by atoms with E-state index in [2.05, 4.69) is 10.2 Å². The lowest BCUT2D eigenvalue weighted by Gasteiger charge is -2.22. The normalized spacial score (nSPS) is 16.1. The van der Waals surface area contributed by atoms with Gasteiger partial charge in [0, 0.05) is 43.9 Å². The van der Waals surface area contributed by atoms with Crippen LogP contribution in [0.25, 0.3) is 0 Å². The van der Waals surface area contributed by atoms with Crippen LogP contribution in [-0.4, -0.2) is 29.5 Å². The molecule has 2 fully saturated rings. The number of nitro groups is 2. The van der Waals surface area contributed by atoms with Crippen LogP contribution in [0.2, 0.25) is 10.0 Å². The third-order valence-electron chi connectivity index (χ3n) is 6.06. The zero-order chi connectivity index (χ0) is 23.8. The van der Waals surface area contributed by atoms with Gasteiger partial charge in [-0.3, -0.25) is 20.2 Å². The van der Waals surface area contributed by atoms with Crippen molar-refractivity contribution in [1.82, 2.24) is 0 Å². The summed E-state index contributed by atoms with van der Waals surface area (Å²) in [4.78, 5) is 22.4. The Morgan fingerprint density at radius 2 is 1.42 bits per heavy atom. The molecule has 2 aromatic carbocycles. The van der Waals surface area contributed by atoms with Gasteiger partial charge in [0.1, 0.15) is 0 Å². The molecular weight excluding hydrogens is 467 g/mol. The molecule has 0 spiro atoms. The molecule has 4 rings (SSSR count). The molecule has 1 aliphatic heterocycles. The van der Waals surface area contributed by atoms with Crippen molar-refractivity contribution in [1.29, 1.82) is 0 Å². The minimum Gasteiger partial charge on any atom is -0.384 e. The summed E-state index contributed by atoms with van der Waals surface area (Å²) in [6, 6.07) is 9.20. The second kappa shape index (κ2) is 12.0. The first-order valence-electron chi connectivity index (χ1n) is 11.2. The zero-order valence-electron chi connectivity index (χ0n) is 18.3. The molecule has 1 N–H and O–H groups in total. The van der Waals surface area contributed by atoms with E-state index in [1.54, 1.807) is 12.1 Å². The average Bonchev–Trinajstić information content (AvgIpc) is 3.34. The maximum atomic E-state index is 10.6. The molecule has 2 aliphatic rings. The SMILES string of the molecule is O=[N+]([O-])c1ccc(N2CCCC2)c(Cl)c1.O=[N+]([O-])c1ccc(NCC2CCCCC2)c(Cl)c1. The van der Waals surface area contributed by atoms with Crippen molar-refractivity contribution in [2.24, 2.45) is 5.92 Å². The van der Waals surface area contributed by atoms with E-state index in [-0.39, 0.29) is 11.4 Å². The fourth-order valence-electron chi connectivity index (χ4n) is 4.23. The Morgan fingerprint density at radius 1 is 0.848 bits per heavy atom. The first kappa shape index (κ1) is 25.1. The monoisotopic (exact) mass is 494 g/mol. The maximum Gasteiger partial charge on any atom is 0.271 e. The number of rotatable bonds is 6. The van der Waals surface area contributed by atoms with Crippen LogP contribution in [0.1, 0.15) is 44.9 Å². The van der Waals surface area contributed by atoms with Crippen LogP contribution in [0, 0.1) is 26.1 Å². The minimum absolute atomic E-state index is 0.0308. The Bertz CT molecular complexity index is 977. The second-order valence-corrected chi connectivity index (χ2v) is 9.21. The lowest BCUT2D eigenvalue weighted by molar-refractivity contribution is -0.385. The summed E-state index contributed by atoms with van der Waals surface area (Å²) >= 11 is 12.0. The number of anilines is 2. The van der Waals surface area contributed by atoms with Gasteiger partial charge in [0.15, 0.2) is 0 Å². The molecule has 0 atom stereocenters. The fourth-order valence-corrected chi connectivity index (χ4v) is 4.77. The molecule has 10 heteroatoms. The highest BCUT2D eigenvalue weighted by Crippen LogP contribution is 2.32. The quantitative estimate of drug-likeness (QED) is 0.339. The molecule has 1 saturated heterocycles. The minimum atomic E-state index is -0.434. The predicted octanol–water partition coefficient (Wildman–Crippen LogP) is 7.09. The molecule has 33 heavy (non-hydrogen) atoms. The zero-order valence-corrected chi connectivity index (χ0v) is 19.9. The van der Waals surface area contributed by atoms with Gasteiger partial charge in [-0.05, 0) is 43.7 Å². The van der Waals surface area contributed by atoms with Crippen LogP contribution in [0.5, 0.6) is 0 Å². The van der Waals surface area contributed by atoms with Gasteiger partial charge in [0.25, 0.3) is 11.4 Å². The Morgan fingerprint density at radius 3 is 1.97 bits per heavy atom.